The van der Waals surface area contributed by atoms with Crippen molar-refractivity contribution < 1.29 is 9.53 Å². The third kappa shape index (κ3) is 1.41. The number of esters is 1. The number of ether oxygens (including phenoxy) is 1. The summed E-state index contributed by atoms with van der Waals surface area (Å²) in [6.45, 7) is 0.982. The van der Waals surface area contributed by atoms with Crippen LogP contribution in [0.5, 0.6) is 0 Å². The smallest absolute Gasteiger partial charge is 0.323 e. The van der Waals surface area contributed by atoms with Gasteiger partial charge in [0.1, 0.15) is 6.04 Å². The summed E-state index contributed by atoms with van der Waals surface area (Å²) in [5.74, 6) is 2.42. The summed E-state index contributed by atoms with van der Waals surface area (Å²) >= 11 is 0. The highest BCUT2D eigenvalue weighted by atomic mass is 35.5. The number of halogens is 1. The summed E-state index contributed by atoms with van der Waals surface area (Å²) in [5, 5.41) is 3.30. The molecule has 0 unspecified atom stereocenters. The fourth-order valence-corrected chi connectivity index (χ4v) is 3.51. The van der Waals surface area contributed by atoms with Crippen molar-refractivity contribution in [1.29, 1.82) is 0 Å². The molecule has 2 aliphatic carbocycles. The first-order chi connectivity index (χ1) is 6.81. The quantitative estimate of drug-likeness (QED) is 0.539. The molecule has 0 spiro atoms. The summed E-state index contributed by atoms with van der Waals surface area (Å²) in [6, 6.07) is -0.0510. The molecule has 0 amide bonds. The number of methoxy groups -OCH3 is 1. The molecular formula is C11H16ClNO2. The standard InChI is InChI=1S/C11H15NO2.ClH/c1-14-11(13)10-9-7-3-2-6(4-7)8(9)5-12-10;/h2-3,6-10,12H,4-5H2,1H3;1H/t6-,7+,8-,9+,10+;/m1./s1. The molecule has 15 heavy (non-hydrogen) atoms. The van der Waals surface area contributed by atoms with Gasteiger partial charge in [0.25, 0.3) is 0 Å². The second-order valence-corrected chi connectivity index (χ2v) is 4.60. The minimum atomic E-state index is -0.0848. The highest BCUT2D eigenvalue weighted by molar-refractivity contribution is 5.85. The predicted octanol–water partition coefficient (Wildman–Crippen LogP) is 0.991. The van der Waals surface area contributed by atoms with E-state index in [1.54, 1.807) is 0 Å². The van der Waals surface area contributed by atoms with Crippen LogP contribution in [-0.4, -0.2) is 25.7 Å². The molecule has 4 heteroatoms. The van der Waals surface area contributed by atoms with Crippen molar-refractivity contribution in [2.45, 2.75) is 12.5 Å². The summed E-state index contributed by atoms with van der Waals surface area (Å²) in [7, 11) is 1.47. The third-order valence-corrected chi connectivity index (χ3v) is 4.10. The Balaban J connectivity index is 0.000000853. The Hall–Kier alpha value is -0.540. The monoisotopic (exact) mass is 229 g/mol. The van der Waals surface area contributed by atoms with Crippen LogP contribution in [0.15, 0.2) is 12.2 Å². The molecule has 1 saturated heterocycles. The van der Waals surface area contributed by atoms with Crippen LogP contribution in [0.2, 0.25) is 0 Å². The van der Waals surface area contributed by atoms with Gasteiger partial charge in [0.2, 0.25) is 0 Å². The summed E-state index contributed by atoms with van der Waals surface area (Å²) in [4.78, 5) is 11.5. The van der Waals surface area contributed by atoms with E-state index in [4.69, 9.17) is 4.74 Å². The molecule has 1 N–H and O–H groups in total. The van der Waals surface area contributed by atoms with Crippen LogP contribution in [0.3, 0.4) is 0 Å². The zero-order valence-electron chi connectivity index (χ0n) is 8.68. The highest BCUT2D eigenvalue weighted by Gasteiger charge is 2.53. The van der Waals surface area contributed by atoms with Crippen molar-refractivity contribution in [2.24, 2.45) is 23.7 Å². The first-order valence-corrected chi connectivity index (χ1v) is 5.31. The maximum Gasteiger partial charge on any atom is 0.323 e. The number of allylic oxidation sites excluding steroid dienone is 2. The third-order valence-electron chi connectivity index (χ3n) is 4.10. The number of carbonyl (C=O) groups excluding carboxylic acids is 1. The first-order valence-electron chi connectivity index (χ1n) is 5.31. The van der Waals surface area contributed by atoms with E-state index < -0.39 is 0 Å². The number of nitrogens with one attached hydrogen (secondary N) is 1. The zero-order valence-corrected chi connectivity index (χ0v) is 9.50. The first kappa shape index (κ1) is 11.0. The van der Waals surface area contributed by atoms with E-state index in [0.717, 1.165) is 6.54 Å². The van der Waals surface area contributed by atoms with Crippen LogP contribution < -0.4 is 5.32 Å². The molecule has 3 rings (SSSR count). The van der Waals surface area contributed by atoms with Gasteiger partial charge in [-0.25, -0.2) is 0 Å². The van der Waals surface area contributed by atoms with Crippen molar-refractivity contribution in [3.63, 3.8) is 0 Å². The number of hydrogen-bond acceptors (Lipinski definition) is 3. The lowest BCUT2D eigenvalue weighted by Gasteiger charge is -2.23. The number of hydrogen-bond donors (Lipinski definition) is 1. The normalized spacial score (nSPS) is 45.0. The predicted molar refractivity (Wildman–Crippen MR) is 58.8 cm³/mol. The van der Waals surface area contributed by atoms with Crippen molar-refractivity contribution in [1.82, 2.24) is 5.32 Å². The average Bonchev–Trinajstić information content (AvgIpc) is 2.87. The lowest BCUT2D eigenvalue weighted by molar-refractivity contribution is -0.144. The minimum absolute atomic E-state index is 0. The minimum Gasteiger partial charge on any atom is -0.468 e. The highest BCUT2D eigenvalue weighted by Crippen LogP contribution is 2.51. The number of rotatable bonds is 1. The average molecular weight is 230 g/mol. The van der Waals surface area contributed by atoms with E-state index in [9.17, 15) is 4.79 Å². The Morgan fingerprint density at radius 3 is 2.87 bits per heavy atom. The number of fused-ring (bicyclic) bond motifs is 5. The molecule has 1 heterocycles. The molecule has 3 nitrogen and oxygen atoms in total. The SMILES string of the molecule is COC(=O)[C@H]1NC[C@H]2[C@@H]1[C@H]1C=C[C@@H]2C1.Cl. The fourth-order valence-electron chi connectivity index (χ4n) is 3.51. The van der Waals surface area contributed by atoms with Crippen LogP contribution in [0.25, 0.3) is 0 Å². The van der Waals surface area contributed by atoms with Crippen molar-refractivity contribution >= 4 is 18.4 Å². The topological polar surface area (TPSA) is 38.3 Å². The van der Waals surface area contributed by atoms with Crippen LogP contribution in [0, 0.1) is 23.7 Å². The van der Waals surface area contributed by atoms with E-state index in [1.807, 2.05) is 0 Å². The Bertz CT molecular complexity index is 305. The molecule has 0 aromatic rings. The molecule has 5 atom stereocenters. The Morgan fingerprint density at radius 2 is 2.13 bits per heavy atom. The van der Waals surface area contributed by atoms with Crippen LogP contribution >= 0.6 is 12.4 Å². The van der Waals surface area contributed by atoms with E-state index in [0.29, 0.717) is 23.7 Å². The molecule has 2 bridgehead atoms. The summed E-state index contributed by atoms with van der Waals surface area (Å²) in [6.07, 6.45) is 5.87. The van der Waals surface area contributed by atoms with Crippen molar-refractivity contribution in [3.8, 4) is 0 Å². The van der Waals surface area contributed by atoms with Gasteiger partial charge in [0.15, 0.2) is 0 Å². The van der Waals surface area contributed by atoms with E-state index in [1.165, 1.54) is 13.5 Å². The van der Waals surface area contributed by atoms with Crippen molar-refractivity contribution in [3.05, 3.63) is 12.2 Å². The molecular weight excluding hydrogens is 214 g/mol. The lowest BCUT2D eigenvalue weighted by atomic mass is 9.82. The van der Waals surface area contributed by atoms with E-state index in [2.05, 4.69) is 17.5 Å². The van der Waals surface area contributed by atoms with Gasteiger partial charge >= 0.3 is 5.97 Å². The molecule has 1 saturated carbocycles. The maximum atomic E-state index is 11.5. The second kappa shape index (κ2) is 3.80. The van der Waals surface area contributed by atoms with Gasteiger partial charge in [0.05, 0.1) is 7.11 Å². The molecule has 2 fully saturated rings. The van der Waals surface area contributed by atoms with Crippen molar-refractivity contribution in [2.75, 3.05) is 13.7 Å². The molecule has 1 aliphatic heterocycles. The van der Waals surface area contributed by atoms with Crippen LogP contribution in [0.4, 0.5) is 0 Å². The molecule has 0 aromatic heterocycles. The molecule has 0 radical (unpaired) electrons. The summed E-state index contributed by atoms with van der Waals surface area (Å²) < 4.78 is 4.82. The van der Waals surface area contributed by atoms with Gasteiger partial charge in [-0.1, -0.05) is 12.2 Å². The van der Waals surface area contributed by atoms with Gasteiger partial charge in [-0.15, -0.1) is 12.4 Å². The fraction of sp³-hybridized carbons (Fsp3) is 0.727. The zero-order chi connectivity index (χ0) is 9.71. The summed E-state index contributed by atoms with van der Waals surface area (Å²) in [5.41, 5.74) is 0. The molecule has 3 aliphatic rings. The Labute approximate surface area is 95.7 Å². The van der Waals surface area contributed by atoms with Crippen LogP contribution in [-0.2, 0) is 9.53 Å². The Morgan fingerprint density at radius 1 is 1.40 bits per heavy atom. The largest absolute Gasteiger partial charge is 0.468 e. The van der Waals surface area contributed by atoms with Gasteiger partial charge < -0.3 is 10.1 Å². The van der Waals surface area contributed by atoms with Gasteiger partial charge in [-0.3, -0.25) is 4.79 Å². The van der Waals surface area contributed by atoms with Gasteiger partial charge in [-0.05, 0) is 36.6 Å². The Kier molecular flexibility index (Phi) is 2.77. The number of carbonyl (C=O) groups is 1. The van der Waals surface area contributed by atoms with Crippen LogP contribution in [0.1, 0.15) is 6.42 Å². The van der Waals surface area contributed by atoms with Gasteiger partial charge in [0, 0.05) is 0 Å². The van der Waals surface area contributed by atoms with E-state index in [-0.39, 0.29) is 24.4 Å². The second-order valence-electron chi connectivity index (χ2n) is 4.60. The van der Waals surface area contributed by atoms with Gasteiger partial charge in [-0.2, -0.15) is 0 Å². The van der Waals surface area contributed by atoms with E-state index >= 15 is 0 Å². The molecule has 84 valence electrons. The maximum absolute atomic E-state index is 11.5. The lowest BCUT2D eigenvalue weighted by Crippen LogP contribution is -2.38. The molecule has 0 aromatic carbocycles.